The molecule has 4 nitrogen and oxygen atoms in total. The molecule has 20 heavy (non-hydrogen) atoms. The first-order valence-electron chi connectivity index (χ1n) is 5.94. The van der Waals surface area contributed by atoms with Crippen LogP contribution in [-0.2, 0) is 9.05 Å². The summed E-state index contributed by atoms with van der Waals surface area (Å²) in [4.78, 5) is 2.05. The molecule has 0 aliphatic heterocycles. The van der Waals surface area contributed by atoms with Crippen molar-refractivity contribution in [3.8, 4) is 0 Å². The number of anilines is 1. The number of rotatable bonds is 2. The zero-order chi connectivity index (χ0) is 14.5. The first kappa shape index (κ1) is 13.3. The van der Waals surface area contributed by atoms with Crippen LogP contribution in [0.3, 0.4) is 0 Å². The van der Waals surface area contributed by atoms with E-state index in [0.717, 1.165) is 22.0 Å². The molecule has 6 heteroatoms. The Balaban J connectivity index is 2.32. The number of hydrogen-bond acceptors (Lipinski definition) is 4. The summed E-state index contributed by atoms with van der Waals surface area (Å²) >= 11 is 0. The lowest BCUT2D eigenvalue weighted by molar-refractivity contribution is 0.609. The first-order chi connectivity index (χ1) is 9.36. The molecular weight excluding hydrogens is 298 g/mol. The zero-order valence-corrected chi connectivity index (χ0v) is 12.5. The molecule has 0 spiro atoms. The fraction of sp³-hybridized carbons (Fsp3) is 0.143. The lowest BCUT2D eigenvalue weighted by atomic mass is 10.1. The number of furan rings is 1. The van der Waals surface area contributed by atoms with Crippen LogP contribution in [-0.4, -0.2) is 22.5 Å². The maximum Gasteiger partial charge on any atom is 0.261 e. The van der Waals surface area contributed by atoms with Crippen LogP contribution >= 0.6 is 10.7 Å². The van der Waals surface area contributed by atoms with Crippen LogP contribution < -0.4 is 4.90 Å². The van der Waals surface area contributed by atoms with Gasteiger partial charge in [0.25, 0.3) is 9.05 Å². The Hall–Kier alpha value is -1.72. The minimum absolute atomic E-state index is 0.0750. The predicted molar refractivity (Wildman–Crippen MR) is 81.1 cm³/mol. The second-order valence-electron chi connectivity index (χ2n) is 4.77. The highest BCUT2D eigenvalue weighted by Crippen LogP contribution is 2.33. The summed E-state index contributed by atoms with van der Waals surface area (Å²) in [7, 11) is 5.53. The molecule has 0 saturated heterocycles. The molecule has 0 bridgehead atoms. The van der Waals surface area contributed by atoms with Gasteiger partial charge in [-0.2, -0.15) is 0 Å². The van der Waals surface area contributed by atoms with Gasteiger partial charge in [0.1, 0.15) is 11.2 Å². The molecule has 0 aliphatic carbocycles. The first-order valence-corrected chi connectivity index (χ1v) is 8.25. The summed E-state index contributed by atoms with van der Waals surface area (Å²) in [5.41, 5.74) is 2.37. The molecule has 0 amide bonds. The highest BCUT2D eigenvalue weighted by atomic mass is 35.7. The van der Waals surface area contributed by atoms with Gasteiger partial charge in [0.05, 0.1) is 4.90 Å². The molecule has 0 unspecified atom stereocenters. The average molecular weight is 310 g/mol. The lowest BCUT2D eigenvalue weighted by Crippen LogP contribution is -2.07. The fourth-order valence-electron chi connectivity index (χ4n) is 2.17. The van der Waals surface area contributed by atoms with E-state index in [4.69, 9.17) is 15.1 Å². The van der Waals surface area contributed by atoms with Crippen LogP contribution in [0.5, 0.6) is 0 Å². The summed E-state index contributed by atoms with van der Waals surface area (Å²) in [5, 5.41) is 1.61. The summed E-state index contributed by atoms with van der Waals surface area (Å²) in [6.07, 6.45) is 0. The molecule has 0 saturated carbocycles. The monoisotopic (exact) mass is 309 g/mol. The Bertz CT molecular complexity index is 913. The normalized spacial score (nSPS) is 12.2. The summed E-state index contributed by atoms with van der Waals surface area (Å²) < 4.78 is 28.6. The summed E-state index contributed by atoms with van der Waals surface area (Å²) in [6.45, 7) is 0. The van der Waals surface area contributed by atoms with Gasteiger partial charge in [-0.05, 0) is 30.3 Å². The van der Waals surface area contributed by atoms with Crippen molar-refractivity contribution in [3.05, 3.63) is 36.4 Å². The average Bonchev–Trinajstić information content (AvgIpc) is 2.74. The van der Waals surface area contributed by atoms with Gasteiger partial charge in [-0.25, -0.2) is 8.42 Å². The van der Waals surface area contributed by atoms with Crippen molar-refractivity contribution < 1.29 is 12.8 Å². The fourth-order valence-corrected chi connectivity index (χ4v) is 2.95. The van der Waals surface area contributed by atoms with Crippen molar-refractivity contribution in [2.75, 3.05) is 19.0 Å². The van der Waals surface area contributed by atoms with Gasteiger partial charge in [-0.15, -0.1) is 0 Å². The van der Waals surface area contributed by atoms with E-state index in [1.165, 1.54) is 6.07 Å². The van der Waals surface area contributed by atoms with Crippen molar-refractivity contribution in [3.63, 3.8) is 0 Å². The highest BCUT2D eigenvalue weighted by molar-refractivity contribution is 8.13. The minimum atomic E-state index is -3.74. The second kappa shape index (κ2) is 4.40. The van der Waals surface area contributed by atoms with Crippen LogP contribution in [0.4, 0.5) is 5.69 Å². The Morgan fingerprint density at radius 3 is 2.40 bits per heavy atom. The number of hydrogen-bond donors (Lipinski definition) is 0. The van der Waals surface area contributed by atoms with E-state index in [-0.39, 0.29) is 4.90 Å². The molecular formula is C14H12ClNO3S. The van der Waals surface area contributed by atoms with E-state index in [1.54, 1.807) is 12.1 Å². The third-order valence-corrected chi connectivity index (χ3v) is 4.58. The van der Waals surface area contributed by atoms with Crippen molar-refractivity contribution in [1.82, 2.24) is 0 Å². The number of halogens is 1. The van der Waals surface area contributed by atoms with Crippen molar-refractivity contribution >= 4 is 47.4 Å². The van der Waals surface area contributed by atoms with E-state index < -0.39 is 9.05 Å². The highest BCUT2D eigenvalue weighted by Gasteiger charge is 2.14. The van der Waals surface area contributed by atoms with Crippen LogP contribution in [0.15, 0.2) is 45.7 Å². The van der Waals surface area contributed by atoms with E-state index in [9.17, 15) is 8.42 Å². The van der Waals surface area contributed by atoms with Gasteiger partial charge >= 0.3 is 0 Å². The Kier molecular flexibility index (Phi) is 2.92. The number of fused-ring (bicyclic) bond motifs is 3. The van der Waals surface area contributed by atoms with Crippen LogP contribution in [0.2, 0.25) is 0 Å². The van der Waals surface area contributed by atoms with Crippen LogP contribution in [0.1, 0.15) is 0 Å². The molecule has 3 rings (SSSR count). The second-order valence-corrected chi connectivity index (χ2v) is 7.34. The molecule has 1 heterocycles. The van der Waals surface area contributed by atoms with Crippen LogP contribution in [0, 0.1) is 0 Å². The van der Waals surface area contributed by atoms with Gasteiger partial charge in [-0.3, -0.25) is 0 Å². The van der Waals surface area contributed by atoms with Crippen molar-refractivity contribution in [2.45, 2.75) is 4.90 Å². The van der Waals surface area contributed by atoms with E-state index in [0.29, 0.717) is 5.58 Å². The predicted octanol–water partition coefficient (Wildman–Crippen LogP) is 3.58. The molecule has 0 aliphatic rings. The molecule has 1 aromatic heterocycles. The Morgan fingerprint density at radius 2 is 1.75 bits per heavy atom. The number of benzene rings is 2. The smallest absolute Gasteiger partial charge is 0.261 e. The molecule has 3 aromatic rings. The maximum atomic E-state index is 11.4. The summed E-state index contributed by atoms with van der Waals surface area (Å²) in [5.74, 6) is 0. The Labute approximate surface area is 121 Å². The molecule has 0 atom stereocenters. The van der Waals surface area contributed by atoms with Crippen LogP contribution in [0.25, 0.3) is 21.9 Å². The van der Waals surface area contributed by atoms with E-state index in [1.807, 2.05) is 37.2 Å². The number of nitrogens with zero attached hydrogens (tertiary/aromatic N) is 1. The Morgan fingerprint density at radius 1 is 1.00 bits per heavy atom. The molecule has 104 valence electrons. The van der Waals surface area contributed by atoms with Gasteiger partial charge in [0.2, 0.25) is 0 Å². The largest absolute Gasteiger partial charge is 0.456 e. The van der Waals surface area contributed by atoms with E-state index >= 15 is 0 Å². The van der Waals surface area contributed by atoms with Gasteiger partial charge in [-0.1, -0.05) is 0 Å². The van der Waals surface area contributed by atoms with Crippen molar-refractivity contribution in [1.29, 1.82) is 0 Å². The molecule has 0 N–H and O–H groups in total. The third kappa shape index (κ3) is 2.13. The topological polar surface area (TPSA) is 50.5 Å². The standard InChI is InChI=1S/C14H12ClNO3S/c1-16(2)9-3-5-11-12-8-10(20(15,17)18)4-6-13(12)19-14(11)7-9/h3-8H,1-2H3. The molecule has 2 aromatic carbocycles. The summed E-state index contributed by atoms with van der Waals surface area (Å²) in [6, 6.07) is 10.4. The van der Waals surface area contributed by atoms with E-state index in [2.05, 4.69) is 0 Å². The quantitative estimate of drug-likeness (QED) is 0.679. The molecule has 0 fully saturated rings. The minimum Gasteiger partial charge on any atom is -0.456 e. The maximum absolute atomic E-state index is 11.4. The third-order valence-electron chi connectivity index (χ3n) is 3.22. The van der Waals surface area contributed by atoms with Gasteiger partial charge in [0, 0.05) is 47.3 Å². The lowest BCUT2D eigenvalue weighted by Gasteiger charge is -2.11. The van der Waals surface area contributed by atoms with Gasteiger partial charge < -0.3 is 9.32 Å². The van der Waals surface area contributed by atoms with Crippen molar-refractivity contribution in [2.24, 2.45) is 0 Å². The molecule has 0 radical (unpaired) electrons. The van der Waals surface area contributed by atoms with Gasteiger partial charge in [0.15, 0.2) is 0 Å². The zero-order valence-electron chi connectivity index (χ0n) is 10.9. The SMILES string of the molecule is CN(C)c1ccc2c(c1)oc1ccc(S(=O)(=O)Cl)cc12.